The Morgan fingerprint density at radius 3 is 2.50 bits per heavy atom. The maximum Gasteiger partial charge on any atom is 0.140 e. The van der Waals surface area contributed by atoms with Gasteiger partial charge in [0, 0.05) is 31.5 Å². The van der Waals surface area contributed by atoms with E-state index in [1.165, 1.54) is 32.5 Å². The summed E-state index contributed by atoms with van der Waals surface area (Å²) < 4.78 is 6.19. The zero-order valence-electron chi connectivity index (χ0n) is 11.2. The summed E-state index contributed by atoms with van der Waals surface area (Å²) >= 11 is 0. The molecule has 0 aromatic carbocycles. The first-order valence-corrected chi connectivity index (χ1v) is 7.07. The molecule has 20 heavy (non-hydrogen) atoms. The van der Waals surface area contributed by atoms with Gasteiger partial charge in [-0.05, 0) is 30.9 Å². The molecule has 4 fully saturated rings. The second-order valence-corrected chi connectivity index (χ2v) is 6.15. The topological polar surface area (TPSA) is 49.1 Å². The van der Waals surface area contributed by atoms with Crippen LogP contribution in [0.25, 0.3) is 0 Å². The third-order valence-electron chi connectivity index (χ3n) is 4.83. The SMILES string of the molecule is Cl.N#Cc1ccc(OC2C3CC4CC2CN(C4)C3)cn1. The van der Waals surface area contributed by atoms with Crippen LogP contribution in [-0.2, 0) is 0 Å². The molecule has 1 saturated carbocycles. The van der Waals surface area contributed by atoms with Crippen LogP contribution in [0, 0.1) is 29.1 Å². The summed E-state index contributed by atoms with van der Waals surface area (Å²) in [7, 11) is 0. The number of aromatic nitrogens is 1. The highest BCUT2D eigenvalue weighted by Gasteiger charge is 2.48. The molecule has 4 nitrogen and oxygen atoms in total. The number of ether oxygens (including phenoxy) is 1. The standard InChI is InChI=1S/C15H17N3O.ClH/c16-5-13-1-2-14(6-17-13)19-15-11-3-10-4-12(15)9-18(7-10)8-11;/h1-2,6,10-12,15H,3-4,7-9H2;1H. The molecular weight excluding hydrogens is 274 g/mol. The molecule has 5 rings (SSSR count). The number of pyridine rings is 1. The molecule has 0 radical (unpaired) electrons. The van der Waals surface area contributed by atoms with E-state index in [0.717, 1.165) is 11.7 Å². The molecule has 0 amide bonds. The molecule has 3 saturated heterocycles. The highest BCUT2D eigenvalue weighted by atomic mass is 35.5. The van der Waals surface area contributed by atoms with Crippen LogP contribution < -0.4 is 4.74 Å². The van der Waals surface area contributed by atoms with Crippen molar-refractivity contribution >= 4 is 12.4 Å². The summed E-state index contributed by atoms with van der Waals surface area (Å²) in [5.41, 5.74) is 0.448. The molecule has 4 heterocycles. The Labute approximate surface area is 125 Å². The highest BCUT2D eigenvalue weighted by molar-refractivity contribution is 5.85. The van der Waals surface area contributed by atoms with E-state index in [2.05, 4.69) is 9.88 Å². The van der Waals surface area contributed by atoms with E-state index in [9.17, 15) is 0 Å². The molecule has 0 N–H and O–H groups in total. The van der Waals surface area contributed by atoms with Gasteiger partial charge in [-0.3, -0.25) is 0 Å². The average Bonchev–Trinajstić information content (AvgIpc) is 2.43. The van der Waals surface area contributed by atoms with Crippen molar-refractivity contribution in [3.8, 4) is 11.8 Å². The maximum absolute atomic E-state index is 8.76. The summed E-state index contributed by atoms with van der Waals surface area (Å²) in [5, 5.41) is 8.76. The van der Waals surface area contributed by atoms with Crippen LogP contribution in [0.3, 0.4) is 0 Å². The van der Waals surface area contributed by atoms with Crippen molar-refractivity contribution in [3.05, 3.63) is 24.0 Å². The monoisotopic (exact) mass is 291 g/mol. The zero-order valence-corrected chi connectivity index (χ0v) is 12.1. The van der Waals surface area contributed by atoms with Crippen molar-refractivity contribution in [2.24, 2.45) is 17.8 Å². The van der Waals surface area contributed by atoms with E-state index in [4.69, 9.17) is 10.00 Å². The van der Waals surface area contributed by atoms with Crippen LogP contribution in [0.5, 0.6) is 5.75 Å². The predicted octanol–water partition coefficient (Wildman–Crippen LogP) is 2.09. The van der Waals surface area contributed by atoms with Crippen LogP contribution >= 0.6 is 12.4 Å². The van der Waals surface area contributed by atoms with Crippen molar-refractivity contribution < 1.29 is 4.74 Å². The number of nitrogens with zero attached hydrogens (tertiary/aromatic N) is 3. The van der Waals surface area contributed by atoms with Crippen LogP contribution in [0.15, 0.2) is 18.3 Å². The first kappa shape index (κ1) is 13.7. The minimum Gasteiger partial charge on any atom is -0.488 e. The van der Waals surface area contributed by atoms with Crippen LogP contribution in [-0.4, -0.2) is 35.6 Å². The number of hydrogen-bond donors (Lipinski definition) is 0. The smallest absolute Gasteiger partial charge is 0.140 e. The van der Waals surface area contributed by atoms with Crippen molar-refractivity contribution in [1.29, 1.82) is 5.26 Å². The fraction of sp³-hybridized carbons (Fsp3) is 0.600. The first-order chi connectivity index (χ1) is 9.31. The molecule has 2 unspecified atom stereocenters. The lowest BCUT2D eigenvalue weighted by molar-refractivity contribution is -0.0985. The van der Waals surface area contributed by atoms with Gasteiger partial charge in [0.1, 0.15) is 23.6 Å². The molecule has 1 aromatic heterocycles. The molecule has 1 aromatic rings. The molecule has 0 spiro atoms. The van der Waals surface area contributed by atoms with E-state index >= 15 is 0 Å². The van der Waals surface area contributed by atoms with Gasteiger partial charge in [-0.2, -0.15) is 5.26 Å². The van der Waals surface area contributed by atoms with Gasteiger partial charge in [-0.15, -0.1) is 12.4 Å². The highest BCUT2D eigenvalue weighted by Crippen LogP contribution is 2.44. The summed E-state index contributed by atoms with van der Waals surface area (Å²) in [6, 6.07) is 5.64. The first-order valence-electron chi connectivity index (χ1n) is 7.07. The minimum atomic E-state index is 0. The molecule has 5 heteroatoms. The fourth-order valence-corrected chi connectivity index (χ4v) is 4.23. The maximum atomic E-state index is 8.76. The molecule has 4 bridgehead atoms. The summed E-state index contributed by atoms with van der Waals surface area (Å²) in [5.74, 6) is 3.08. The lowest BCUT2D eigenvalue weighted by Gasteiger charge is -2.55. The van der Waals surface area contributed by atoms with Gasteiger partial charge in [0.25, 0.3) is 0 Å². The summed E-state index contributed by atoms with van der Waals surface area (Å²) in [6.45, 7) is 3.70. The Bertz CT molecular complexity index is 497. The van der Waals surface area contributed by atoms with Crippen molar-refractivity contribution in [2.45, 2.75) is 18.9 Å². The number of rotatable bonds is 2. The second-order valence-electron chi connectivity index (χ2n) is 6.15. The van der Waals surface area contributed by atoms with Gasteiger partial charge >= 0.3 is 0 Å². The van der Waals surface area contributed by atoms with Crippen molar-refractivity contribution in [3.63, 3.8) is 0 Å². The van der Waals surface area contributed by atoms with E-state index in [-0.39, 0.29) is 12.4 Å². The Morgan fingerprint density at radius 2 is 1.95 bits per heavy atom. The number of halogens is 1. The Balaban J connectivity index is 0.00000121. The lowest BCUT2D eigenvalue weighted by Crippen LogP contribution is -2.61. The normalized spacial score (nSPS) is 37.0. The zero-order chi connectivity index (χ0) is 12.8. The Morgan fingerprint density at radius 1 is 1.20 bits per heavy atom. The predicted molar refractivity (Wildman–Crippen MR) is 76.8 cm³/mol. The van der Waals surface area contributed by atoms with Gasteiger partial charge < -0.3 is 9.64 Å². The van der Waals surface area contributed by atoms with E-state index in [1.807, 2.05) is 12.1 Å². The van der Waals surface area contributed by atoms with Gasteiger partial charge in [0.2, 0.25) is 0 Å². The van der Waals surface area contributed by atoms with E-state index in [0.29, 0.717) is 23.6 Å². The van der Waals surface area contributed by atoms with Gasteiger partial charge in [-0.1, -0.05) is 0 Å². The van der Waals surface area contributed by atoms with E-state index in [1.54, 1.807) is 12.3 Å². The van der Waals surface area contributed by atoms with Crippen LogP contribution in [0.4, 0.5) is 0 Å². The lowest BCUT2D eigenvalue weighted by atomic mass is 9.66. The summed E-state index contributed by atoms with van der Waals surface area (Å²) in [4.78, 5) is 6.68. The average molecular weight is 292 g/mol. The number of nitriles is 1. The second kappa shape index (κ2) is 5.23. The minimum absolute atomic E-state index is 0. The quantitative estimate of drug-likeness (QED) is 0.837. The van der Waals surface area contributed by atoms with Gasteiger partial charge in [0.05, 0.1) is 6.20 Å². The number of hydrogen-bond acceptors (Lipinski definition) is 4. The summed E-state index contributed by atoms with van der Waals surface area (Å²) in [6.07, 6.45) is 4.68. The Hall–Kier alpha value is -1.31. The molecule has 4 aliphatic rings. The third-order valence-corrected chi connectivity index (χ3v) is 4.83. The van der Waals surface area contributed by atoms with Crippen LogP contribution in [0.2, 0.25) is 0 Å². The molecule has 106 valence electrons. The molecular formula is C15H18ClN3O. The fourth-order valence-electron chi connectivity index (χ4n) is 4.23. The van der Waals surface area contributed by atoms with Crippen molar-refractivity contribution in [1.82, 2.24) is 9.88 Å². The molecule has 3 aliphatic heterocycles. The van der Waals surface area contributed by atoms with Crippen molar-refractivity contribution in [2.75, 3.05) is 19.6 Å². The van der Waals surface area contributed by atoms with Crippen LogP contribution in [0.1, 0.15) is 18.5 Å². The number of piperidine rings is 3. The van der Waals surface area contributed by atoms with E-state index < -0.39 is 0 Å². The van der Waals surface area contributed by atoms with Gasteiger partial charge in [-0.25, -0.2) is 4.98 Å². The Kier molecular flexibility index (Phi) is 3.57. The molecule has 2 atom stereocenters. The molecule has 1 aliphatic carbocycles. The third kappa shape index (κ3) is 2.25. The van der Waals surface area contributed by atoms with Gasteiger partial charge in [0.15, 0.2) is 0 Å². The largest absolute Gasteiger partial charge is 0.488 e.